The van der Waals surface area contributed by atoms with Crippen LogP contribution in [0.2, 0.25) is 0 Å². The van der Waals surface area contributed by atoms with Crippen molar-refractivity contribution in [2.24, 2.45) is 0 Å². The van der Waals surface area contributed by atoms with Crippen LogP contribution in [0.1, 0.15) is 6.42 Å². The number of aromatic nitrogens is 4. The van der Waals surface area contributed by atoms with Gasteiger partial charge < -0.3 is 9.47 Å². The zero-order chi connectivity index (χ0) is 14.5. The van der Waals surface area contributed by atoms with Crippen LogP contribution in [0.4, 0.5) is 0 Å². The van der Waals surface area contributed by atoms with Crippen molar-refractivity contribution in [3.05, 3.63) is 43.1 Å². The Morgan fingerprint density at radius 1 is 1.24 bits per heavy atom. The van der Waals surface area contributed by atoms with Gasteiger partial charge in [0.15, 0.2) is 11.5 Å². The van der Waals surface area contributed by atoms with Gasteiger partial charge in [-0.15, -0.1) is 0 Å². The van der Waals surface area contributed by atoms with E-state index in [-0.39, 0.29) is 0 Å². The summed E-state index contributed by atoms with van der Waals surface area (Å²) in [4.78, 5) is 8.23. The minimum absolute atomic E-state index is 0.578. The van der Waals surface area contributed by atoms with Crippen LogP contribution in [0, 0.1) is 0 Å². The second-order valence-electron chi connectivity index (χ2n) is 4.56. The summed E-state index contributed by atoms with van der Waals surface area (Å²) in [5, 5.41) is 5.08. The highest BCUT2D eigenvalue weighted by Gasteiger charge is 2.07. The molecule has 0 atom stereocenters. The maximum Gasteiger partial charge on any atom is 0.163 e. The molecule has 3 aromatic rings. The predicted molar refractivity (Wildman–Crippen MR) is 78.4 cm³/mol. The van der Waals surface area contributed by atoms with Crippen LogP contribution in [-0.4, -0.2) is 33.5 Å². The molecule has 0 radical (unpaired) electrons. The number of fused-ring (bicyclic) bond motifs is 1. The molecule has 0 saturated heterocycles. The Kier molecular flexibility index (Phi) is 3.95. The summed E-state index contributed by atoms with van der Waals surface area (Å²) >= 11 is 0. The van der Waals surface area contributed by atoms with Crippen molar-refractivity contribution < 1.29 is 9.47 Å². The van der Waals surface area contributed by atoms with Gasteiger partial charge >= 0.3 is 0 Å². The molecule has 6 heteroatoms. The summed E-state index contributed by atoms with van der Waals surface area (Å²) in [7, 11) is 1.64. The van der Waals surface area contributed by atoms with Gasteiger partial charge in [0, 0.05) is 30.6 Å². The number of aryl methyl sites for hydroxylation is 1. The summed E-state index contributed by atoms with van der Waals surface area (Å²) in [5.41, 5.74) is 0.893. The van der Waals surface area contributed by atoms with Gasteiger partial charge in [-0.2, -0.15) is 5.10 Å². The highest BCUT2D eigenvalue weighted by Crippen LogP contribution is 2.31. The molecule has 6 nitrogen and oxygen atoms in total. The second kappa shape index (κ2) is 6.21. The van der Waals surface area contributed by atoms with Crippen LogP contribution in [0.5, 0.6) is 11.5 Å². The van der Waals surface area contributed by atoms with Crippen LogP contribution >= 0.6 is 0 Å². The monoisotopic (exact) mass is 284 g/mol. The smallest absolute Gasteiger partial charge is 0.163 e. The first-order valence-corrected chi connectivity index (χ1v) is 6.75. The average molecular weight is 284 g/mol. The fourth-order valence-corrected chi connectivity index (χ4v) is 2.11. The molecule has 0 aliphatic carbocycles. The van der Waals surface area contributed by atoms with E-state index in [0.717, 1.165) is 29.6 Å². The predicted octanol–water partition coefficient (Wildman–Crippen LogP) is 2.30. The molecule has 2 heterocycles. The van der Waals surface area contributed by atoms with Crippen molar-refractivity contribution in [1.29, 1.82) is 0 Å². The maximum atomic E-state index is 5.81. The van der Waals surface area contributed by atoms with Crippen molar-refractivity contribution in [2.45, 2.75) is 13.0 Å². The van der Waals surface area contributed by atoms with Crippen molar-refractivity contribution in [3.8, 4) is 11.5 Å². The largest absolute Gasteiger partial charge is 0.493 e. The van der Waals surface area contributed by atoms with E-state index in [1.807, 2.05) is 24.3 Å². The standard InChI is InChI=1S/C15H16N4O2/c1-20-14-8-12-4-2-5-17-13(12)9-15(14)21-7-3-6-19-11-16-10-18-19/h2,4-5,8-11H,3,6-7H2,1H3. The van der Waals surface area contributed by atoms with Crippen LogP contribution in [0.15, 0.2) is 43.1 Å². The van der Waals surface area contributed by atoms with Crippen molar-refractivity contribution in [2.75, 3.05) is 13.7 Å². The fourth-order valence-electron chi connectivity index (χ4n) is 2.11. The lowest BCUT2D eigenvalue weighted by molar-refractivity contribution is 0.281. The molecular formula is C15H16N4O2. The number of ether oxygens (including phenoxy) is 2. The molecule has 2 aromatic heterocycles. The minimum Gasteiger partial charge on any atom is -0.493 e. The Balaban J connectivity index is 1.67. The second-order valence-corrected chi connectivity index (χ2v) is 4.56. The molecule has 0 fully saturated rings. The summed E-state index contributed by atoms with van der Waals surface area (Å²) < 4.78 is 13.0. The summed E-state index contributed by atoms with van der Waals surface area (Å²) in [6, 6.07) is 7.75. The van der Waals surface area contributed by atoms with E-state index in [9.17, 15) is 0 Å². The van der Waals surface area contributed by atoms with Crippen molar-refractivity contribution >= 4 is 10.9 Å². The summed E-state index contributed by atoms with van der Waals surface area (Å²) in [5.74, 6) is 1.43. The molecule has 21 heavy (non-hydrogen) atoms. The molecule has 0 aliphatic rings. The molecule has 0 amide bonds. The number of hydrogen-bond acceptors (Lipinski definition) is 5. The lowest BCUT2D eigenvalue weighted by atomic mass is 10.2. The molecule has 0 spiro atoms. The van der Waals surface area contributed by atoms with E-state index >= 15 is 0 Å². The highest BCUT2D eigenvalue weighted by atomic mass is 16.5. The third kappa shape index (κ3) is 3.10. The molecule has 0 aliphatic heterocycles. The SMILES string of the molecule is COc1cc2cccnc2cc1OCCCn1cncn1. The lowest BCUT2D eigenvalue weighted by Crippen LogP contribution is -2.05. The Hall–Kier alpha value is -2.63. The normalized spacial score (nSPS) is 10.7. The fraction of sp³-hybridized carbons (Fsp3) is 0.267. The first-order chi connectivity index (χ1) is 10.4. The number of pyridine rings is 1. The quantitative estimate of drug-likeness (QED) is 0.650. The number of benzene rings is 1. The van der Waals surface area contributed by atoms with Crippen LogP contribution in [-0.2, 0) is 6.54 Å². The molecule has 3 rings (SSSR count). The van der Waals surface area contributed by atoms with Gasteiger partial charge in [0.1, 0.15) is 12.7 Å². The number of nitrogens with zero attached hydrogens (tertiary/aromatic N) is 4. The zero-order valence-electron chi connectivity index (χ0n) is 11.8. The molecule has 0 unspecified atom stereocenters. The Morgan fingerprint density at radius 3 is 3.00 bits per heavy atom. The molecule has 1 aromatic carbocycles. The third-order valence-corrected chi connectivity index (χ3v) is 3.14. The van der Waals surface area contributed by atoms with Gasteiger partial charge in [-0.1, -0.05) is 6.07 Å². The number of methoxy groups -OCH3 is 1. The van der Waals surface area contributed by atoms with Gasteiger partial charge in [0.05, 0.1) is 19.2 Å². The minimum atomic E-state index is 0.578. The Labute approximate surface area is 122 Å². The first-order valence-electron chi connectivity index (χ1n) is 6.75. The molecule has 0 saturated carbocycles. The molecule has 108 valence electrons. The van der Waals surface area contributed by atoms with Gasteiger partial charge in [0.25, 0.3) is 0 Å². The Morgan fingerprint density at radius 2 is 2.19 bits per heavy atom. The number of rotatable bonds is 6. The third-order valence-electron chi connectivity index (χ3n) is 3.14. The topological polar surface area (TPSA) is 62.1 Å². The highest BCUT2D eigenvalue weighted by molar-refractivity contribution is 5.82. The summed E-state index contributed by atoms with van der Waals surface area (Å²) in [6.45, 7) is 1.35. The van der Waals surface area contributed by atoms with Gasteiger partial charge in [0.2, 0.25) is 0 Å². The van der Waals surface area contributed by atoms with Gasteiger partial charge in [-0.3, -0.25) is 9.67 Å². The van der Waals surface area contributed by atoms with Crippen LogP contribution in [0.25, 0.3) is 10.9 Å². The van der Waals surface area contributed by atoms with E-state index in [1.165, 1.54) is 6.33 Å². The Bertz CT molecular complexity index is 713. The van der Waals surface area contributed by atoms with Crippen LogP contribution < -0.4 is 9.47 Å². The number of hydrogen-bond donors (Lipinski definition) is 0. The lowest BCUT2D eigenvalue weighted by Gasteiger charge is -2.11. The zero-order valence-corrected chi connectivity index (χ0v) is 11.8. The van der Waals surface area contributed by atoms with Crippen molar-refractivity contribution in [1.82, 2.24) is 19.7 Å². The molecular weight excluding hydrogens is 268 g/mol. The molecule has 0 N–H and O–H groups in total. The average Bonchev–Trinajstić information content (AvgIpc) is 3.04. The van der Waals surface area contributed by atoms with E-state index < -0.39 is 0 Å². The summed E-state index contributed by atoms with van der Waals surface area (Å²) in [6.07, 6.45) is 5.83. The van der Waals surface area contributed by atoms with Gasteiger partial charge in [-0.05, 0) is 12.1 Å². The molecule has 0 bridgehead atoms. The van der Waals surface area contributed by atoms with Crippen LogP contribution in [0.3, 0.4) is 0 Å². The maximum absolute atomic E-state index is 5.81. The van der Waals surface area contributed by atoms with E-state index in [4.69, 9.17) is 9.47 Å². The first kappa shape index (κ1) is 13.4. The van der Waals surface area contributed by atoms with Crippen molar-refractivity contribution in [3.63, 3.8) is 0 Å². The van der Waals surface area contributed by atoms with E-state index in [2.05, 4.69) is 15.1 Å². The van der Waals surface area contributed by atoms with E-state index in [0.29, 0.717) is 12.4 Å². The van der Waals surface area contributed by atoms with Gasteiger partial charge in [-0.25, -0.2) is 4.98 Å². The van der Waals surface area contributed by atoms with E-state index in [1.54, 1.807) is 24.3 Å².